The number of hydrogen-bond acceptors (Lipinski definition) is 4. The van der Waals surface area contributed by atoms with Gasteiger partial charge in [-0.1, -0.05) is 11.6 Å². The summed E-state index contributed by atoms with van der Waals surface area (Å²) < 4.78 is 0. The van der Waals surface area contributed by atoms with Gasteiger partial charge >= 0.3 is 0 Å². The van der Waals surface area contributed by atoms with Crippen molar-refractivity contribution in [3.8, 4) is 0 Å². The summed E-state index contributed by atoms with van der Waals surface area (Å²) in [4.78, 5) is 22.0. The van der Waals surface area contributed by atoms with E-state index in [1.165, 1.54) is 17.3 Å². The minimum atomic E-state index is -0.274. The molecule has 2 rings (SSSR count). The number of rotatable bonds is 3. The van der Waals surface area contributed by atoms with Crippen molar-refractivity contribution in [2.45, 2.75) is 19.9 Å². The van der Waals surface area contributed by atoms with E-state index in [9.17, 15) is 4.79 Å². The van der Waals surface area contributed by atoms with E-state index in [4.69, 9.17) is 11.6 Å². The summed E-state index contributed by atoms with van der Waals surface area (Å²) in [5, 5.41) is 3.07. The normalized spacial score (nSPS) is 12.2. The van der Waals surface area contributed by atoms with Gasteiger partial charge in [-0.3, -0.25) is 9.78 Å². The lowest BCUT2D eigenvalue weighted by atomic mass is 10.2. The Hall–Kier alpha value is -1.46. The number of halogens is 1. The van der Waals surface area contributed by atoms with Crippen LogP contribution in [0.4, 0.5) is 0 Å². The molecule has 2 heterocycles. The molecule has 0 saturated heterocycles. The monoisotopic (exact) mass is 281 g/mol. The third kappa shape index (κ3) is 3.05. The van der Waals surface area contributed by atoms with Crippen LogP contribution in [-0.2, 0) is 0 Å². The predicted molar refractivity (Wildman–Crippen MR) is 72.0 cm³/mol. The van der Waals surface area contributed by atoms with Crippen molar-refractivity contribution >= 4 is 28.8 Å². The molecule has 1 atom stereocenters. The van der Waals surface area contributed by atoms with Crippen LogP contribution in [0.2, 0.25) is 5.15 Å². The zero-order chi connectivity index (χ0) is 13.1. The number of aromatic nitrogens is 2. The van der Waals surface area contributed by atoms with E-state index in [2.05, 4.69) is 15.3 Å². The number of carbonyl (C=O) groups is 1. The van der Waals surface area contributed by atoms with E-state index in [-0.39, 0.29) is 22.8 Å². The van der Waals surface area contributed by atoms with Crippen LogP contribution in [-0.4, -0.2) is 15.9 Å². The number of aryl methyl sites for hydroxylation is 1. The third-order valence-electron chi connectivity index (χ3n) is 2.37. The molecular weight excluding hydrogens is 270 g/mol. The molecule has 0 spiro atoms. The van der Waals surface area contributed by atoms with Gasteiger partial charge in [-0.05, 0) is 26.0 Å². The van der Waals surface area contributed by atoms with Gasteiger partial charge in [-0.25, -0.2) is 4.98 Å². The highest BCUT2D eigenvalue weighted by molar-refractivity contribution is 7.12. The molecule has 0 radical (unpaired) electrons. The molecule has 0 aliphatic heterocycles. The number of hydrogen-bond donors (Lipinski definition) is 1. The average Bonchev–Trinajstić information content (AvgIpc) is 2.76. The van der Waals surface area contributed by atoms with Crippen LogP contribution >= 0.6 is 22.9 Å². The van der Waals surface area contributed by atoms with Crippen molar-refractivity contribution < 1.29 is 4.79 Å². The van der Waals surface area contributed by atoms with Crippen LogP contribution in [0.15, 0.2) is 24.5 Å². The van der Waals surface area contributed by atoms with Gasteiger partial charge in [0.05, 0.1) is 18.4 Å². The smallest absolute Gasteiger partial charge is 0.272 e. The Kier molecular flexibility index (Phi) is 3.93. The van der Waals surface area contributed by atoms with Gasteiger partial charge < -0.3 is 5.32 Å². The first-order valence-corrected chi connectivity index (χ1v) is 6.60. The average molecular weight is 282 g/mol. The van der Waals surface area contributed by atoms with Gasteiger partial charge in [0.25, 0.3) is 5.91 Å². The van der Waals surface area contributed by atoms with E-state index in [0.29, 0.717) is 0 Å². The lowest BCUT2D eigenvalue weighted by molar-refractivity contribution is 0.0935. The summed E-state index contributed by atoms with van der Waals surface area (Å²) in [6.45, 7) is 3.96. The molecule has 1 amide bonds. The van der Waals surface area contributed by atoms with Gasteiger partial charge in [0, 0.05) is 9.75 Å². The number of nitrogens with zero attached hydrogens (tertiary/aromatic N) is 2. The fourth-order valence-electron chi connectivity index (χ4n) is 1.48. The maximum absolute atomic E-state index is 11.9. The highest BCUT2D eigenvalue weighted by atomic mass is 35.5. The van der Waals surface area contributed by atoms with Crippen LogP contribution in [0.5, 0.6) is 0 Å². The second kappa shape index (κ2) is 5.46. The Morgan fingerprint density at radius 3 is 2.83 bits per heavy atom. The molecule has 1 unspecified atom stereocenters. The molecule has 18 heavy (non-hydrogen) atoms. The second-order valence-corrected chi connectivity index (χ2v) is 5.58. The highest BCUT2D eigenvalue weighted by Gasteiger charge is 2.14. The zero-order valence-corrected chi connectivity index (χ0v) is 11.5. The van der Waals surface area contributed by atoms with E-state index < -0.39 is 0 Å². The Morgan fingerprint density at radius 1 is 1.44 bits per heavy atom. The maximum atomic E-state index is 11.9. The topological polar surface area (TPSA) is 54.9 Å². The second-order valence-electron chi connectivity index (χ2n) is 3.87. The van der Waals surface area contributed by atoms with Crippen molar-refractivity contribution in [3.05, 3.63) is 45.1 Å². The molecule has 6 heteroatoms. The zero-order valence-electron chi connectivity index (χ0n) is 9.98. The molecule has 0 aromatic carbocycles. The maximum Gasteiger partial charge on any atom is 0.272 e. The third-order valence-corrected chi connectivity index (χ3v) is 3.74. The molecule has 2 aromatic heterocycles. The Bertz CT molecular complexity index is 570. The highest BCUT2D eigenvalue weighted by Crippen LogP contribution is 2.22. The summed E-state index contributed by atoms with van der Waals surface area (Å²) >= 11 is 7.35. The van der Waals surface area contributed by atoms with Gasteiger partial charge in [0.2, 0.25) is 0 Å². The van der Waals surface area contributed by atoms with Crippen molar-refractivity contribution in [2.24, 2.45) is 0 Å². The molecular formula is C12H12ClN3OS. The number of amides is 1. The summed E-state index contributed by atoms with van der Waals surface area (Å²) in [5.41, 5.74) is 0.225. The number of thiophene rings is 1. The van der Waals surface area contributed by atoms with E-state index in [0.717, 1.165) is 4.88 Å². The van der Waals surface area contributed by atoms with Crippen molar-refractivity contribution in [1.29, 1.82) is 0 Å². The molecule has 94 valence electrons. The molecule has 0 saturated carbocycles. The minimum Gasteiger partial charge on any atom is -0.343 e. The molecule has 2 aromatic rings. The fourth-order valence-corrected chi connectivity index (χ4v) is 2.51. The number of carbonyl (C=O) groups excluding carboxylic acids is 1. The van der Waals surface area contributed by atoms with E-state index >= 15 is 0 Å². The SMILES string of the molecule is Cc1ccc(C(C)NC(=O)c2cncc(Cl)n2)s1. The Balaban J connectivity index is 2.08. The molecule has 4 nitrogen and oxygen atoms in total. The van der Waals surface area contributed by atoms with E-state index in [1.54, 1.807) is 11.3 Å². The summed E-state index contributed by atoms with van der Waals surface area (Å²) in [5.74, 6) is -0.274. The van der Waals surface area contributed by atoms with Crippen molar-refractivity contribution in [1.82, 2.24) is 15.3 Å². The van der Waals surface area contributed by atoms with Gasteiger partial charge in [0.1, 0.15) is 10.8 Å². The quantitative estimate of drug-likeness (QED) is 0.941. The molecule has 0 fully saturated rings. The fraction of sp³-hybridized carbons (Fsp3) is 0.250. The largest absolute Gasteiger partial charge is 0.343 e. The molecule has 0 aliphatic carbocycles. The summed E-state index contributed by atoms with van der Waals surface area (Å²) in [6.07, 6.45) is 2.79. The van der Waals surface area contributed by atoms with Crippen LogP contribution in [0.1, 0.15) is 33.2 Å². The predicted octanol–water partition coefficient (Wildman–Crippen LogP) is 2.99. The Morgan fingerprint density at radius 2 is 2.22 bits per heavy atom. The lowest BCUT2D eigenvalue weighted by Gasteiger charge is -2.11. The first-order valence-electron chi connectivity index (χ1n) is 5.41. The molecule has 1 N–H and O–H groups in total. The minimum absolute atomic E-state index is 0.0584. The summed E-state index contributed by atoms with van der Waals surface area (Å²) in [7, 11) is 0. The molecule has 0 aliphatic rings. The van der Waals surface area contributed by atoms with Crippen molar-refractivity contribution in [2.75, 3.05) is 0 Å². The molecule has 0 bridgehead atoms. The van der Waals surface area contributed by atoms with Crippen LogP contribution in [0, 0.1) is 6.92 Å². The van der Waals surface area contributed by atoms with Gasteiger partial charge in [-0.15, -0.1) is 11.3 Å². The Labute approximate surface area is 114 Å². The first kappa shape index (κ1) is 13.0. The van der Waals surface area contributed by atoms with Crippen LogP contribution < -0.4 is 5.32 Å². The van der Waals surface area contributed by atoms with Crippen LogP contribution in [0.3, 0.4) is 0 Å². The lowest BCUT2D eigenvalue weighted by Crippen LogP contribution is -2.27. The standard InChI is InChI=1S/C12H12ClN3OS/c1-7-3-4-10(18-7)8(2)15-12(17)9-5-14-6-11(13)16-9/h3-6,8H,1-2H3,(H,15,17). The summed E-state index contributed by atoms with van der Waals surface area (Å²) in [6, 6.07) is 3.98. The van der Waals surface area contributed by atoms with Crippen molar-refractivity contribution in [3.63, 3.8) is 0 Å². The van der Waals surface area contributed by atoms with Gasteiger partial charge in [0.15, 0.2) is 0 Å². The number of nitrogens with one attached hydrogen (secondary N) is 1. The van der Waals surface area contributed by atoms with Crippen LogP contribution in [0.25, 0.3) is 0 Å². The van der Waals surface area contributed by atoms with Gasteiger partial charge in [-0.2, -0.15) is 0 Å². The van der Waals surface area contributed by atoms with E-state index in [1.807, 2.05) is 26.0 Å². The first-order chi connectivity index (χ1) is 8.56.